The maximum absolute atomic E-state index is 11.4. The number of amides is 1. The van der Waals surface area contributed by atoms with Crippen molar-refractivity contribution in [2.45, 2.75) is 10.7 Å². The first kappa shape index (κ1) is 24.9. The van der Waals surface area contributed by atoms with Crippen LogP contribution in [0.5, 0.6) is 0 Å². The summed E-state index contributed by atoms with van der Waals surface area (Å²) in [5, 5.41) is 1.13. The van der Waals surface area contributed by atoms with Gasteiger partial charge in [0.05, 0.1) is 0 Å². The Morgan fingerprint density at radius 3 is 1.59 bits per heavy atom. The van der Waals surface area contributed by atoms with E-state index < -0.39 is 30.4 Å². The average molecular weight is 477 g/mol. The molecule has 0 spiro atoms. The monoisotopic (exact) mass is 476 g/mol. The van der Waals surface area contributed by atoms with Crippen LogP contribution in [0.2, 0.25) is 10.0 Å². The minimum atomic E-state index is -3.38. The van der Waals surface area contributed by atoms with Gasteiger partial charge in [-0.3, -0.25) is 9.64 Å². The number of nitrogens with zero attached hydrogens (tertiary/aromatic N) is 1. The molecule has 0 saturated carbocycles. The molecule has 156 valence electrons. The van der Waals surface area contributed by atoms with E-state index >= 15 is 0 Å². The van der Waals surface area contributed by atoms with E-state index in [1.165, 1.54) is 0 Å². The number of sulfone groups is 2. The Morgan fingerprint density at radius 2 is 1.28 bits per heavy atom. The fraction of sp³-hybridized carbons (Fsp3) is 0.222. The Balaban J connectivity index is 0.000000291. The Kier molecular flexibility index (Phi) is 9.11. The molecule has 2 rings (SSSR count). The summed E-state index contributed by atoms with van der Waals surface area (Å²) >= 11 is 11.3. The van der Waals surface area contributed by atoms with E-state index in [9.17, 15) is 21.6 Å². The smallest absolute Gasteiger partial charge is 0.339 e. The Morgan fingerprint density at radius 1 is 0.862 bits per heavy atom. The van der Waals surface area contributed by atoms with Crippen molar-refractivity contribution in [1.29, 1.82) is 0 Å². The van der Waals surface area contributed by atoms with Gasteiger partial charge in [0.15, 0.2) is 15.2 Å². The van der Waals surface area contributed by atoms with Gasteiger partial charge in [0.25, 0.3) is 0 Å². The van der Waals surface area contributed by atoms with Gasteiger partial charge in [0, 0.05) is 28.1 Å². The molecule has 1 N–H and O–H groups in total. The van der Waals surface area contributed by atoms with Crippen molar-refractivity contribution in [2.75, 3.05) is 12.5 Å². The summed E-state index contributed by atoms with van der Waals surface area (Å²) in [6.45, 7) is 6.82. The minimum absolute atomic E-state index is 0.361. The Labute approximate surface area is 180 Å². The molecule has 2 atom stereocenters. The molecule has 1 amide bonds. The van der Waals surface area contributed by atoms with Crippen LogP contribution in [0.4, 0.5) is 0 Å². The quantitative estimate of drug-likeness (QED) is 0.508. The van der Waals surface area contributed by atoms with E-state index in [4.69, 9.17) is 29.8 Å². The molecule has 2 unspecified atom stereocenters. The number of halogens is 2. The van der Waals surface area contributed by atoms with Gasteiger partial charge >= 0.3 is 5.37 Å². The molecule has 0 aliphatic heterocycles. The van der Waals surface area contributed by atoms with Crippen LogP contribution in [-0.2, 0) is 24.5 Å². The van der Waals surface area contributed by atoms with Crippen molar-refractivity contribution in [3.8, 4) is 0 Å². The molecule has 2 aromatic carbocycles. The standard InChI is InChI=1S/C9H10ClNO3S.C9H8ClNO2S/c1-15(13,14)9(11-6-12)7-2-4-8(10)5-3-7;1-11-9(14(2,12)13)7-3-5-8(10)6-4-7/h2-6,9H,1H3,(H,11,12);3-6,9H,2H3. The van der Waals surface area contributed by atoms with Crippen LogP contribution in [-0.4, -0.2) is 35.8 Å². The molecule has 0 aromatic heterocycles. The zero-order valence-corrected chi connectivity index (χ0v) is 18.6. The predicted molar refractivity (Wildman–Crippen MR) is 114 cm³/mol. The lowest BCUT2D eigenvalue weighted by molar-refractivity contribution is -0.109. The molecular weight excluding hydrogens is 459 g/mol. The predicted octanol–water partition coefficient (Wildman–Crippen LogP) is 3.43. The number of nitrogens with one attached hydrogen (secondary N) is 1. The molecule has 11 heteroatoms. The van der Waals surface area contributed by atoms with E-state index in [-0.39, 0.29) is 0 Å². The Bertz CT molecular complexity index is 1080. The highest BCUT2D eigenvalue weighted by atomic mass is 35.5. The maximum atomic E-state index is 11.4. The second-order valence-electron chi connectivity index (χ2n) is 5.91. The molecule has 0 bridgehead atoms. The molecule has 0 radical (unpaired) electrons. The molecule has 0 saturated heterocycles. The van der Waals surface area contributed by atoms with Gasteiger partial charge in [-0.15, -0.1) is 0 Å². The van der Waals surface area contributed by atoms with Crippen molar-refractivity contribution >= 4 is 49.3 Å². The first-order chi connectivity index (χ1) is 13.4. The number of benzene rings is 2. The highest BCUT2D eigenvalue weighted by Gasteiger charge is 2.27. The van der Waals surface area contributed by atoms with Crippen LogP contribution >= 0.6 is 23.2 Å². The summed E-state index contributed by atoms with van der Waals surface area (Å²) < 4.78 is 45.1. The van der Waals surface area contributed by atoms with Crippen LogP contribution in [0, 0.1) is 6.57 Å². The summed E-state index contributed by atoms with van der Waals surface area (Å²) in [6.07, 6.45) is 2.47. The van der Waals surface area contributed by atoms with Crippen LogP contribution < -0.4 is 5.32 Å². The van der Waals surface area contributed by atoms with Gasteiger partial charge < -0.3 is 5.32 Å². The van der Waals surface area contributed by atoms with Crippen molar-refractivity contribution < 1.29 is 21.6 Å². The molecule has 0 fully saturated rings. The lowest BCUT2D eigenvalue weighted by atomic mass is 10.2. The number of hydrogen-bond donors (Lipinski definition) is 1. The van der Waals surface area contributed by atoms with Crippen molar-refractivity contribution in [3.05, 3.63) is 81.1 Å². The lowest BCUT2D eigenvalue weighted by Crippen LogP contribution is -2.26. The van der Waals surface area contributed by atoms with Gasteiger partial charge in [0.1, 0.15) is 0 Å². The van der Waals surface area contributed by atoms with Crippen molar-refractivity contribution in [2.24, 2.45) is 0 Å². The fourth-order valence-electron chi connectivity index (χ4n) is 2.21. The highest BCUT2D eigenvalue weighted by Crippen LogP contribution is 2.24. The molecule has 7 nitrogen and oxygen atoms in total. The summed E-state index contributed by atoms with van der Waals surface area (Å²) in [5.41, 5.74) is 0.931. The van der Waals surface area contributed by atoms with E-state index in [0.717, 1.165) is 12.5 Å². The van der Waals surface area contributed by atoms with E-state index in [1.54, 1.807) is 48.5 Å². The van der Waals surface area contributed by atoms with E-state index in [2.05, 4.69) is 10.2 Å². The van der Waals surface area contributed by atoms with Gasteiger partial charge in [-0.2, -0.15) is 0 Å². The summed E-state index contributed by atoms with van der Waals surface area (Å²) in [7, 11) is -6.76. The first-order valence-corrected chi connectivity index (χ1v) is 12.5. The molecule has 0 aliphatic rings. The summed E-state index contributed by atoms with van der Waals surface area (Å²) in [4.78, 5) is 13.4. The van der Waals surface area contributed by atoms with Crippen molar-refractivity contribution in [3.63, 3.8) is 0 Å². The highest BCUT2D eigenvalue weighted by molar-refractivity contribution is 7.91. The lowest BCUT2D eigenvalue weighted by Gasteiger charge is -2.14. The van der Waals surface area contributed by atoms with Crippen LogP contribution in [0.15, 0.2) is 48.5 Å². The normalized spacial score (nSPS) is 13.2. The number of carbonyl (C=O) groups excluding carboxylic acids is 1. The molecule has 0 aliphatic carbocycles. The maximum Gasteiger partial charge on any atom is 0.345 e. The van der Waals surface area contributed by atoms with Crippen LogP contribution in [0.25, 0.3) is 4.85 Å². The summed E-state index contributed by atoms with van der Waals surface area (Å²) in [6, 6.07) is 12.5. The Hall–Kier alpha value is -2.12. The zero-order valence-electron chi connectivity index (χ0n) is 15.4. The van der Waals surface area contributed by atoms with Gasteiger partial charge in [0.2, 0.25) is 16.2 Å². The van der Waals surface area contributed by atoms with Gasteiger partial charge in [-0.25, -0.2) is 23.4 Å². The topological polar surface area (TPSA) is 102 Å². The minimum Gasteiger partial charge on any atom is -0.339 e. The second-order valence-corrected chi connectivity index (χ2v) is 11.0. The third kappa shape index (κ3) is 8.03. The van der Waals surface area contributed by atoms with E-state index in [0.29, 0.717) is 27.6 Å². The van der Waals surface area contributed by atoms with Crippen LogP contribution in [0.3, 0.4) is 0 Å². The molecule has 2 aromatic rings. The SMILES string of the molecule is CS(=O)(=O)C(NC=O)c1ccc(Cl)cc1.[C-]#[N+]C(c1ccc(Cl)cc1)S(C)(=O)=O. The second kappa shape index (κ2) is 10.6. The number of rotatable bonds is 6. The molecule has 29 heavy (non-hydrogen) atoms. The molecule has 0 heterocycles. The van der Waals surface area contributed by atoms with Crippen LogP contribution in [0.1, 0.15) is 21.9 Å². The van der Waals surface area contributed by atoms with Crippen molar-refractivity contribution in [1.82, 2.24) is 5.32 Å². The van der Waals surface area contributed by atoms with E-state index in [1.807, 2.05) is 0 Å². The average Bonchev–Trinajstić information content (AvgIpc) is 2.61. The molecular formula is C18H18Cl2N2O5S2. The first-order valence-electron chi connectivity index (χ1n) is 7.85. The largest absolute Gasteiger partial charge is 0.345 e. The van der Waals surface area contributed by atoms with Gasteiger partial charge in [-0.1, -0.05) is 35.3 Å². The third-order valence-corrected chi connectivity index (χ3v) is 6.46. The number of carbonyl (C=O) groups is 1. The fourth-order valence-corrected chi connectivity index (χ4v) is 4.26. The zero-order chi connectivity index (χ0) is 22.2. The third-order valence-electron chi connectivity index (χ3n) is 3.50. The summed E-state index contributed by atoms with van der Waals surface area (Å²) in [5.74, 6) is 0. The number of hydrogen-bond acceptors (Lipinski definition) is 5. The van der Waals surface area contributed by atoms with Gasteiger partial charge in [-0.05, 0) is 42.0 Å².